The van der Waals surface area contributed by atoms with E-state index in [1.54, 1.807) is 16.9 Å². The second-order valence-corrected chi connectivity index (χ2v) is 4.44. The molecule has 0 amide bonds. The van der Waals surface area contributed by atoms with Crippen molar-refractivity contribution in [3.8, 4) is 0 Å². The summed E-state index contributed by atoms with van der Waals surface area (Å²) in [7, 11) is 0. The van der Waals surface area contributed by atoms with Crippen molar-refractivity contribution in [1.82, 2.24) is 14.6 Å². The predicted octanol–water partition coefficient (Wildman–Crippen LogP) is 1.55. The highest BCUT2D eigenvalue weighted by Crippen LogP contribution is 2.17. The second kappa shape index (κ2) is 5.14. The van der Waals surface area contributed by atoms with Gasteiger partial charge in [0.25, 0.3) is 0 Å². The van der Waals surface area contributed by atoms with Crippen LogP contribution in [-0.4, -0.2) is 32.4 Å². The van der Waals surface area contributed by atoms with Gasteiger partial charge in [0.05, 0.1) is 6.20 Å². The van der Waals surface area contributed by atoms with E-state index in [2.05, 4.69) is 29.2 Å². The Morgan fingerprint density at radius 3 is 2.94 bits per heavy atom. The van der Waals surface area contributed by atoms with Gasteiger partial charge in [-0.05, 0) is 18.4 Å². The molecule has 0 saturated heterocycles. The molecule has 0 aliphatic carbocycles. The van der Waals surface area contributed by atoms with Crippen LogP contribution in [0.15, 0.2) is 24.7 Å². The molecule has 17 heavy (non-hydrogen) atoms. The summed E-state index contributed by atoms with van der Waals surface area (Å²) in [4.78, 5) is 4.33. The van der Waals surface area contributed by atoms with E-state index in [1.165, 1.54) is 0 Å². The number of nitrogens with one attached hydrogen (secondary N) is 1. The molecule has 0 saturated carbocycles. The lowest BCUT2D eigenvalue weighted by Crippen LogP contribution is -2.27. The maximum atomic E-state index is 9.06. The van der Waals surface area contributed by atoms with Crippen molar-refractivity contribution in [1.29, 1.82) is 0 Å². The Morgan fingerprint density at radius 2 is 2.24 bits per heavy atom. The maximum Gasteiger partial charge on any atom is 0.152 e. The fourth-order valence-electron chi connectivity index (χ4n) is 1.86. The van der Waals surface area contributed by atoms with Crippen molar-refractivity contribution >= 4 is 11.3 Å². The highest BCUT2D eigenvalue weighted by Gasteiger charge is 2.14. The van der Waals surface area contributed by atoms with Crippen LogP contribution in [0, 0.1) is 5.92 Å². The quantitative estimate of drug-likeness (QED) is 0.824. The summed E-state index contributed by atoms with van der Waals surface area (Å²) in [6.07, 6.45) is 6.00. The maximum absolute atomic E-state index is 9.06. The molecule has 0 aliphatic heterocycles. The van der Waals surface area contributed by atoms with Crippen LogP contribution in [0.1, 0.15) is 20.3 Å². The van der Waals surface area contributed by atoms with Gasteiger partial charge in [-0.25, -0.2) is 9.50 Å². The van der Waals surface area contributed by atoms with Crippen LogP contribution < -0.4 is 5.32 Å². The number of anilines is 1. The van der Waals surface area contributed by atoms with Crippen molar-refractivity contribution in [3.05, 3.63) is 24.7 Å². The third-order valence-corrected chi connectivity index (χ3v) is 2.89. The first-order valence-corrected chi connectivity index (χ1v) is 5.88. The lowest BCUT2D eigenvalue weighted by Gasteiger charge is -2.22. The van der Waals surface area contributed by atoms with Crippen molar-refractivity contribution in [2.24, 2.45) is 5.92 Å². The molecule has 2 rings (SSSR count). The van der Waals surface area contributed by atoms with Crippen molar-refractivity contribution in [3.63, 3.8) is 0 Å². The number of nitrogens with zero attached hydrogens (tertiary/aromatic N) is 3. The molecular weight excluding hydrogens is 216 g/mol. The van der Waals surface area contributed by atoms with Crippen LogP contribution in [0.5, 0.6) is 0 Å². The molecule has 2 heterocycles. The fraction of sp³-hybridized carbons (Fsp3) is 0.500. The molecule has 2 aromatic heterocycles. The number of rotatable bonds is 5. The average molecular weight is 234 g/mol. The number of fused-ring (bicyclic) bond motifs is 1. The van der Waals surface area contributed by atoms with Gasteiger partial charge in [-0.3, -0.25) is 0 Å². The van der Waals surface area contributed by atoms with E-state index in [9.17, 15) is 0 Å². The Morgan fingerprint density at radius 1 is 1.41 bits per heavy atom. The van der Waals surface area contributed by atoms with Gasteiger partial charge in [-0.1, -0.05) is 13.8 Å². The SMILES string of the molecule is CC(C)C(CCO)Nc1nccn2nccc12. The number of aromatic nitrogens is 3. The van der Waals surface area contributed by atoms with Gasteiger partial charge in [-0.2, -0.15) is 5.10 Å². The third kappa shape index (κ3) is 2.55. The summed E-state index contributed by atoms with van der Waals surface area (Å²) >= 11 is 0. The Labute approximate surface area is 100 Å². The van der Waals surface area contributed by atoms with Crippen LogP contribution >= 0.6 is 0 Å². The topological polar surface area (TPSA) is 62.5 Å². The monoisotopic (exact) mass is 234 g/mol. The third-order valence-electron chi connectivity index (χ3n) is 2.89. The van der Waals surface area contributed by atoms with Crippen LogP contribution in [-0.2, 0) is 0 Å². The smallest absolute Gasteiger partial charge is 0.152 e. The van der Waals surface area contributed by atoms with E-state index in [-0.39, 0.29) is 12.6 Å². The summed E-state index contributed by atoms with van der Waals surface area (Å²) in [5.41, 5.74) is 0.955. The minimum absolute atomic E-state index is 0.179. The number of hydrogen-bond donors (Lipinski definition) is 2. The van der Waals surface area contributed by atoms with Gasteiger partial charge >= 0.3 is 0 Å². The molecule has 5 nitrogen and oxygen atoms in total. The van der Waals surface area contributed by atoms with E-state index >= 15 is 0 Å². The van der Waals surface area contributed by atoms with E-state index in [0.717, 1.165) is 11.3 Å². The molecule has 0 spiro atoms. The summed E-state index contributed by atoms with van der Waals surface area (Å²) < 4.78 is 1.78. The molecule has 92 valence electrons. The number of aliphatic hydroxyl groups is 1. The normalized spacial score (nSPS) is 13.2. The van der Waals surface area contributed by atoms with Gasteiger partial charge in [0, 0.05) is 25.0 Å². The first-order chi connectivity index (χ1) is 8.22. The Balaban J connectivity index is 2.24. The molecule has 0 bridgehead atoms. The van der Waals surface area contributed by atoms with Crippen molar-refractivity contribution in [2.45, 2.75) is 26.3 Å². The van der Waals surface area contributed by atoms with Crippen molar-refractivity contribution in [2.75, 3.05) is 11.9 Å². The zero-order valence-corrected chi connectivity index (χ0v) is 10.2. The van der Waals surface area contributed by atoms with Crippen LogP contribution in [0.2, 0.25) is 0 Å². The van der Waals surface area contributed by atoms with E-state index < -0.39 is 0 Å². The number of hydrogen-bond acceptors (Lipinski definition) is 4. The Kier molecular flexibility index (Phi) is 3.58. The van der Waals surface area contributed by atoms with Crippen LogP contribution in [0.4, 0.5) is 5.82 Å². The standard InChI is InChI=1S/C12H18N4O/c1-9(2)10(4-8-17)15-12-11-3-5-14-16(11)7-6-13-12/h3,5-7,9-10,17H,4,8H2,1-2H3,(H,13,15). The highest BCUT2D eigenvalue weighted by molar-refractivity contribution is 5.67. The molecule has 2 N–H and O–H groups in total. The molecule has 1 atom stereocenters. The molecule has 0 radical (unpaired) electrons. The summed E-state index contributed by atoms with van der Waals surface area (Å²) in [5.74, 6) is 1.25. The zero-order valence-electron chi connectivity index (χ0n) is 10.2. The number of aliphatic hydroxyl groups excluding tert-OH is 1. The summed E-state index contributed by atoms with van der Waals surface area (Å²) in [6, 6.07) is 2.14. The molecule has 1 unspecified atom stereocenters. The molecule has 2 aromatic rings. The zero-order chi connectivity index (χ0) is 12.3. The minimum Gasteiger partial charge on any atom is -0.396 e. The molecule has 0 aromatic carbocycles. The van der Waals surface area contributed by atoms with Gasteiger partial charge in [0.15, 0.2) is 5.82 Å². The van der Waals surface area contributed by atoms with Crippen LogP contribution in [0.3, 0.4) is 0 Å². The minimum atomic E-state index is 0.179. The van der Waals surface area contributed by atoms with E-state index in [4.69, 9.17) is 5.11 Å². The van der Waals surface area contributed by atoms with E-state index in [0.29, 0.717) is 12.3 Å². The Bertz CT molecular complexity index is 480. The lowest BCUT2D eigenvalue weighted by molar-refractivity contribution is 0.267. The predicted molar refractivity (Wildman–Crippen MR) is 66.9 cm³/mol. The summed E-state index contributed by atoms with van der Waals surface area (Å²) in [6.45, 7) is 4.44. The van der Waals surface area contributed by atoms with Gasteiger partial charge in [0.2, 0.25) is 0 Å². The first-order valence-electron chi connectivity index (χ1n) is 5.88. The van der Waals surface area contributed by atoms with Crippen LogP contribution in [0.25, 0.3) is 5.52 Å². The molecule has 5 heteroatoms. The first kappa shape index (κ1) is 11.9. The Hall–Kier alpha value is -1.62. The van der Waals surface area contributed by atoms with Gasteiger partial charge in [0.1, 0.15) is 5.52 Å². The van der Waals surface area contributed by atoms with Gasteiger partial charge in [-0.15, -0.1) is 0 Å². The fourth-order valence-corrected chi connectivity index (χ4v) is 1.86. The second-order valence-electron chi connectivity index (χ2n) is 4.44. The van der Waals surface area contributed by atoms with Gasteiger partial charge < -0.3 is 10.4 Å². The largest absolute Gasteiger partial charge is 0.396 e. The summed E-state index contributed by atoms with van der Waals surface area (Å²) in [5, 5.41) is 16.6. The highest BCUT2D eigenvalue weighted by atomic mass is 16.3. The molecular formula is C12H18N4O. The van der Waals surface area contributed by atoms with Crippen molar-refractivity contribution < 1.29 is 5.11 Å². The average Bonchev–Trinajstić information content (AvgIpc) is 2.77. The van der Waals surface area contributed by atoms with E-state index in [1.807, 2.05) is 12.3 Å². The lowest BCUT2D eigenvalue weighted by atomic mass is 10.0. The molecule has 0 aliphatic rings. The molecule has 0 fully saturated rings.